The minimum Gasteiger partial charge on any atom is -0.413 e. The summed E-state index contributed by atoms with van der Waals surface area (Å²) >= 11 is 0. The van der Waals surface area contributed by atoms with Gasteiger partial charge in [-0.25, -0.2) is 0 Å². The molecule has 1 rings (SSSR count). The lowest BCUT2D eigenvalue weighted by molar-refractivity contribution is -0.141. The van der Waals surface area contributed by atoms with E-state index in [9.17, 15) is 4.79 Å². The maximum Gasteiger partial charge on any atom is 0.228 e. The Morgan fingerprint density at radius 3 is 2.26 bits per heavy atom. The predicted molar refractivity (Wildman–Crippen MR) is 82.5 cm³/mol. The van der Waals surface area contributed by atoms with Crippen LogP contribution in [0.5, 0.6) is 0 Å². The molecule has 0 aromatic carbocycles. The van der Waals surface area contributed by atoms with Gasteiger partial charge in [-0.3, -0.25) is 4.79 Å². The molecule has 1 amide bonds. The van der Waals surface area contributed by atoms with Crippen LogP contribution in [0.1, 0.15) is 34.6 Å². The van der Waals surface area contributed by atoms with Crippen molar-refractivity contribution >= 4 is 14.2 Å². The van der Waals surface area contributed by atoms with E-state index >= 15 is 0 Å². The lowest BCUT2D eigenvalue weighted by atomic mass is 9.79. The molecule has 3 nitrogen and oxygen atoms in total. The van der Waals surface area contributed by atoms with Crippen molar-refractivity contribution in [2.45, 2.75) is 64.9 Å². The third-order valence-electron chi connectivity index (χ3n) is 4.73. The SMILES string of the molecule is C=C[C@H](C)C1NC(=O)C1[C@@H](C)O[Si](C)(C)C(C)(C)C. The number of hydrogen-bond acceptors (Lipinski definition) is 2. The maximum atomic E-state index is 11.8. The number of carbonyl (C=O) groups is 1. The fraction of sp³-hybridized carbons (Fsp3) is 0.800. The van der Waals surface area contributed by atoms with Gasteiger partial charge in [0.2, 0.25) is 5.91 Å². The van der Waals surface area contributed by atoms with Crippen molar-refractivity contribution in [3.8, 4) is 0 Å². The minimum atomic E-state index is -1.82. The van der Waals surface area contributed by atoms with Crippen molar-refractivity contribution in [1.29, 1.82) is 0 Å². The summed E-state index contributed by atoms with van der Waals surface area (Å²) in [6.07, 6.45) is 1.87. The smallest absolute Gasteiger partial charge is 0.228 e. The molecule has 0 aromatic rings. The highest BCUT2D eigenvalue weighted by Gasteiger charge is 2.48. The topological polar surface area (TPSA) is 38.3 Å². The molecule has 4 atom stereocenters. The van der Waals surface area contributed by atoms with Gasteiger partial charge in [0.15, 0.2) is 8.32 Å². The molecule has 0 saturated carbocycles. The quantitative estimate of drug-likeness (QED) is 0.477. The third kappa shape index (κ3) is 3.29. The minimum absolute atomic E-state index is 0.0259. The van der Waals surface area contributed by atoms with Crippen molar-refractivity contribution in [2.75, 3.05) is 0 Å². The van der Waals surface area contributed by atoms with Gasteiger partial charge in [0, 0.05) is 6.04 Å². The average Bonchev–Trinajstić information content (AvgIpc) is 2.22. The molecule has 2 unspecified atom stereocenters. The van der Waals surface area contributed by atoms with E-state index in [2.05, 4.69) is 52.7 Å². The number of nitrogens with one attached hydrogen (secondary N) is 1. The number of rotatable bonds is 5. The molecule has 110 valence electrons. The van der Waals surface area contributed by atoms with E-state index in [1.165, 1.54) is 0 Å². The largest absolute Gasteiger partial charge is 0.413 e. The van der Waals surface area contributed by atoms with Crippen LogP contribution in [0.25, 0.3) is 0 Å². The third-order valence-corrected chi connectivity index (χ3v) is 9.30. The standard InChI is InChI=1S/C15H29NO2Si/c1-9-10(2)13-12(14(17)16-13)11(3)18-19(7,8)15(4,5)6/h9-13H,1H2,2-8H3,(H,16,17)/t10-,11+,12?,13?/m0/s1. The molecule has 0 radical (unpaired) electrons. The number of β-lactam (4-membered cyclic amide) rings is 1. The van der Waals surface area contributed by atoms with E-state index in [1.54, 1.807) is 0 Å². The molecule has 1 aliphatic rings. The highest BCUT2D eigenvalue weighted by atomic mass is 28.4. The summed E-state index contributed by atoms with van der Waals surface area (Å²) in [5, 5.41) is 3.14. The summed E-state index contributed by atoms with van der Waals surface area (Å²) < 4.78 is 6.35. The molecular formula is C15H29NO2Si. The summed E-state index contributed by atoms with van der Waals surface area (Å²) in [6, 6.07) is 0.171. The van der Waals surface area contributed by atoms with Gasteiger partial charge in [-0.15, -0.1) is 6.58 Å². The van der Waals surface area contributed by atoms with Crippen LogP contribution in [0.2, 0.25) is 18.1 Å². The van der Waals surface area contributed by atoms with E-state index in [4.69, 9.17) is 4.43 Å². The van der Waals surface area contributed by atoms with E-state index < -0.39 is 8.32 Å². The number of hydrogen-bond donors (Lipinski definition) is 1. The monoisotopic (exact) mass is 283 g/mol. The van der Waals surface area contributed by atoms with Crippen LogP contribution >= 0.6 is 0 Å². The van der Waals surface area contributed by atoms with Crippen molar-refractivity contribution in [2.24, 2.45) is 11.8 Å². The van der Waals surface area contributed by atoms with Gasteiger partial charge < -0.3 is 9.74 Å². The van der Waals surface area contributed by atoms with Crippen molar-refractivity contribution in [1.82, 2.24) is 5.32 Å². The first-order valence-corrected chi connectivity index (χ1v) is 10.0. The number of carbonyl (C=O) groups excluding carboxylic acids is 1. The molecule has 19 heavy (non-hydrogen) atoms. The molecule has 1 aliphatic heterocycles. The van der Waals surface area contributed by atoms with E-state index in [1.807, 2.05) is 13.0 Å². The van der Waals surface area contributed by atoms with Crippen LogP contribution < -0.4 is 5.32 Å². The van der Waals surface area contributed by atoms with Gasteiger partial charge in [0.05, 0.1) is 12.0 Å². The zero-order valence-electron chi connectivity index (χ0n) is 13.4. The average molecular weight is 283 g/mol. The normalized spacial score (nSPS) is 27.2. The Balaban J connectivity index is 2.75. The van der Waals surface area contributed by atoms with Crippen molar-refractivity contribution in [3.63, 3.8) is 0 Å². The van der Waals surface area contributed by atoms with Gasteiger partial charge in [-0.2, -0.15) is 0 Å². The molecule has 4 heteroatoms. The first kappa shape index (κ1) is 16.4. The van der Waals surface area contributed by atoms with Crippen LogP contribution in [0, 0.1) is 11.8 Å². The van der Waals surface area contributed by atoms with Gasteiger partial charge in [-0.05, 0) is 31.0 Å². The van der Waals surface area contributed by atoms with Gasteiger partial charge in [0.25, 0.3) is 0 Å². The second-order valence-electron chi connectivity index (χ2n) is 7.24. The van der Waals surface area contributed by atoms with E-state index in [0.717, 1.165) is 0 Å². The van der Waals surface area contributed by atoms with Crippen molar-refractivity contribution < 1.29 is 9.22 Å². The zero-order valence-corrected chi connectivity index (χ0v) is 14.4. The predicted octanol–water partition coefficient (Wildman–Crippen LogP) is 3.33. The summed E-state index contributed by atoms with van der Waals surface area (Å²) in [5.41, 5.74) is 0. The lowest BCUT2D eigenvalue weighted by Crippen LogP contribution is -2.65. The first-order valence-electron chi connectivity index (χ1n) is 7.12. The molecule has 0 spiro atoms. The maximum absolute atomic E-state index is 11.8. The van der Waals surface area contributed by atoms with Gasteiger partial charge in [0.1, 0.15) is 0 Å². The van der Waals surface area contributed by atoms with Crippen LogP contribution in [0.15, 0.2) is 12.7 Å². The summed E-state index contributed by atoms with van der Waals surface area (Å²) in [7, 11) is -1.82. The Morgan fingerprint density at radius 2 is 1.89 bits per heavy atom. The lowest BCUT2D eigenvalue weighted by Gasteiger charge is -2.46. The Hall–Kier alpha value is -0.613. The van der Waals surface area contributed by atoms with Crippen LogP contribution in [-0.2, 0) is 9.22 Å². The zero-order chi connectivity index (χ0) is 15.0. The molecule has 1 fully saturated rings. The Bertz CT molecular complexity index is 360. The fourth-order valence-electron chi connectivity index (χ4n) is 2.24. The molecule has 1 N–H and O–H groups in total. The van der Waals surface area contributed by atoms with E-state index in [-0.39, 0.29) is 34.9 Å². The molecule has 0 aliphatic carbocycles. The molecular weight excluding hydrogens is 254 g/mol. The fourth-order valence-corrected chi connectivity index (χ4v) is 3.67. The Morgan fingerprint density at radius 1 is 1.37 bits per heavy atom. The molecule has 1 saturated heterocycles. The summed E-state index contributed by atoms with van der Waals surface area (Å²) in [5.74, 6) is 0.361. The Kier molecular flexibility index (Phi) is 4.68. The highest BCUT2D eigenvalue weighted by molar-refractivity contribution is 6.74. The van der Waals surface area contributed by atoms with Crippen LogP contribution in [-0.4, -0.2) is 26.4 Å². The molecule has 1 heterocycles. The summed E-state index contributed by atoms with van der Waals surface area (Å²) in [4.78, 5) is 11.8. The Labute approximate surface area is 118 Å². The second-order valence-corrected chi connectivity index (χ2v) is 12.0. The van der Waals surface area contributed by atoms with Gasteiger partial charge >= 0.3 is 0 Å². The van der Waals surface area contributed by atoms with Crippen LogP contribution in [0.3, 0.4) is 0 Å². The van der Waals surface area contributed by atoms with Gasteiger partial charge in [-0.1, -0.05) is 33.8 Å². The van der Waals surface area contributed by atoms with Crippen molar-refractivity contribution in [3.05, 3.63) is 12.7 Å². The summed E-state index contributed by atoms with van der Waals surface area (Å²) in [6.45, 7) is 19.0. The first-order chi connectivity index (χ1) is 8.51. The van der Waals surface area contributed by atoms with Crippen LogP contribution in [0.4, 0.5) is 0 Å². The molecule has 0 bridgehead atoms. The molecule has 0 aromatic heterocycles. The number of amides is 1. The second kappa shape index (κ2) is 5.41. The van der Waals surface area contributed by atoms with E-state index in [0.29, 0.717) is 0 Å². The highest BCUT2D eigenvalue weighted by Crippen LogP contribution is 2.39.